The molecule has 43 heavy (non-hydrogen) atoms. The van der Waals surface area contributed by atoms with E-state index in [0.29, 0.717) is 24.4 Å². The molecule has 0 radical (unpaired) electrons. The predicted octanol–water partition coefficient (Wildman–Crippen LogP) is 6.94. The second-order valence-corrected chi connectivity index (χ2v) is 16.7. The van der Waals surface area contributed by atoms with E-state index >= 15 is 0 Å². The fraction of sp³-hybridized carbons (Fsp3) is 0.763. The highest BCUT2D eigenvalue weighted by Crippen LogP contribution is 2.77. The Hall–Kier alpha value is -1.69. The van der Waals surface area contributed by atoms with Crippen LogP contribution in [0.2, 0.25) is 0 Å². The molecule has 1 aromatic carbocycles. The van der Waals surface area contributed by atoms with E-state index < -0.39 is 16.9 Å². The van der Waals surface area contributed by atoms with Crippen LogP contribution < -0.4 is 0 Å². The molecule has 5 nitrogen and oxygen atoms in total. The first kappa shape index (κ1) is 31.3. The van der Waals surface area contributed by atoms with Crippen molar-refractivity contribution < 1.29 is 24.9 Å². The Bertz CT molecular complexity index is 1230. The van der Waals surface area contributed by atoms with Gasteiger partial charge in [-0.1, -0.05) is 70.2 Å². The molecule has 12 atom stereocenters. The molecule has 5 heteroatoms. The first-order valence-electron chi connectivity index (χ1n) is 17.1. The van der Waals surface area contributed by atoms with Crippen molar-refractivity contribution in [2.45, 2.75) is 105 Å². The third-order valence-corrected chi connectivity index (χ3v) is 15.1. The largest absolute Gasteiger partial charge is 0.460 e. The third kappa shape index (κ3) is 4.23. The summed E-state index contributed by atoms with van der Waals surface area (Å²) in [5.41, 5.74) is 1.25. The number of aliphatic hydroxyl groups excluding tert-OH is 3. The van der Waals surface area contributed by atoms with E-state index in [0.717, 1.165) is 63.4 Å². The Kier molecular flexibility index (Phi) is 7.79. The van der Waals surface area contributed by atoms with Gasteiger partial charge in [0.15, 0.2) is 0 Å². The smallest absolute Gasteiger partial charge is 0.312 e. The van der Waals surface area contributed by atoms with E-state index in [9.17, 15) is 20.1 Å². The lowest BCUT2D eigenvalue weighted by atomic mass is 9.31. The van der Waals surface area contributed by atoms with Gasteiger partial charge in [-0.2, -0.15) is 0 Å². The predicted molar refractivity (Wildman–Crippen MR) is 169 cm³/mol. The Labute approximate surface area is 259 Å². The second-order valence-electron chi connectivity index (χ2n) is 16.7. The van der Waals surface area contributed by atoms with E-state index in [1.165, 1.54) is 5.57 Å². The van der Waals surface area contributed by atoms with Gasteiger partial charge in [-0.15, -0.1) is 0 Å². The van der Waals surface area contributed by atoms with E-state index in [1.807, 2.05) is 30.3 Å². The Morgan fingerprint density at radius 3 is 2.30 bits per heavy atom. The van der Waals surface area contributed by atoms with Gasteiger partial charge in [-0.05, 0) is 116 Å². The molecule has 5 aliphatic rings. The van der Waals surface area contributed by atoms with Crippen LogP contribution in [-0.2, 0) is 16.1 Å². The molecule has 6 rings (SSSR count). The zero-order chi connectivity index (χ0) is 31.0. The SMILES string of the molecule is C=C(C)[C@@H]1CC[C@]2(C(=O)OCc3ccccc3)CC[C@]3(C)[C@H](CC[C@@H]4[C@@]5(C)C[C@H](CO)[C@H](O)[C@@](C)(CO)[C@@H]5CC[C@]43C)[C@@H]12. The lowest BCUT2D eigenvalue weighted by molar-refractivity contribution is -0.266. The van der Waals surface area contributed by atoms with Crippen molar-refractivity contribution in [3.8, 4) is 0 Å². The highest BCUT2D eigenvalue weighted by molar-refractivity contribution is 5.78. The van der Waals surface area contributed by atoms with Gasteiger partial charge in [-0.3, -0.25) is 4.79 Å². The number of fused-ring (bicyclic) bond motifs is 7. The van der Waals surface area contributed by atoms with Crippen LogP contribution in [0.1, 0.15) is 98.0 Å². The van der Waals surface area contributed by atoms with Crippen LogP contribution in [-0.4, -0.2) is 40.6 Å². The standard InChI is InChI=1S/C38H56O5/c1-24(2)27-14-17-38(33(42)43-22-25-10-8-7-9-11-25)19-18-36(5)28(31(27)38)12-13-30-34(3)20-26(21-39)32(41)35(4,23-40)29(34)15-16-37(30,36)6/h7-11,26-32,39-41H,1,12-23H2,2-6H3/t26-,27+,28-,29-,30-,31-,32+,34+,35+,36-,37-,38+/m1/s1. The number of carbonyl (C=O) groups is 1. The van der Waals surface area contributed by atoms with Gasteiger partial charge < -0.3 is 20.1 Å². The van der Waals surface area contributed by atoms with Crippen molar-refractivity contribution in [3.63, 3.8) is 0 Å². The Morgan fingerprint density at radius 1 is 0.930 bits per heavy atom. The maximum Gasteiger partial charge on any atom is 0.312 e. The molecule has 238 valence electrons. The number of carbonyl (C=O) groups excluding carboxylic acids is 1. The van der Waals surface area contributed by atoms with Gasteiger partial charge in [0.2, 0.25) is 0 Å². The maximum absolute atomic E-state index is 14.2. The molecule has 5 fully saturated rings. The molecule has 0 amide bonds. The summed E-state index contributed by atoms with van der Waals surface area (Å²) < 4.78 is 6.16. The lowest BCUT2D eigenvalue weighted by Crippen LogP contribution is -2.69. The molecule has 0 bridgehead atoms. The van der Waals surface area contributed by atoms with Crippen LogP contribution >= 0.6 is 0 Å². The first-order chi connectivity index (χ1) is 20.3. The van der Waals surface area contributed by atoms with Crippen molar-refractivity contribution in [2.24, 2.45) is 62.6 Å². The average molecular weight is 593 g/mol. The van der Waals surface area contributed by atoms with Crippen LogP contribution in [0.15, 0.2) is 42.5 Å². The molecule has 5 aliphatic carbocycles. The highest BCUT2D eigenvalue weighted by Gasteiger charge is 2.73. The number of benzene rings is 1. The summed E-state index contributed by atoms with van der Waals surface area (Å²) in [6.45, 7) is 16.4. The molecule has 0 unspecified atom stereocenters. The average Bonchev–Trinajstić information content (AvgIpc) is 3.40. The minimum atomic E-state index is -0.691. The monoisotopic (exact) mass is 592 g/mol. The summed E-state index contributed by atoms with van der Waals surface area (Å²) in [4.78, 5) is 14.2. The molecule has 0 saturated heterocycles. The minimum absolute atomic E-state index is 0.000803. The fourth-order valence-electron chi connectivity index (χ4n) is 12.9. The normalized spacial score (nSPS) is 48.8. The lowest BCUT2D eigenvalue weighted by Gasteiger charge is -2.73. The van der Waals surface area contributed by atoms with Crippen molar-refractivity contribution in [3.05, 3.63) is 48.0 Å². The van der Waals surface area contributed by atoms with Crippen molar-refractivity contribution >= 4 is 5.97 Å². The molecular weight excluding hydrogens is 536 g/mol. The molecule has 0 aliphatic heterocycles. The highest BCUT2D eigenvalue weighted by atomic mass is 16.5. The minimum Gasteiger partial charge on any atom is -0.460 e. The van der Waals surface area contributed by atoms with Gasteiger partial charge in [0, 0.05) is 17.9 Å². The van der Waals surface area contributed by atoms with Crippen molar-refractivity contribution in [1.82, 2.24) is 0 Å². The number of hydrogen-bond acceptors (Lipinski definition) is 5. The molecule has 1 aromatic rings. The van der Waals surface area contributed by atoms with Gasteiger partial charge in [0.25, 0.3) is 0 Å². The quantitative estimate of drug-likeness (QED) is 0.246. The number of rotatable bonds is 6. The number of hydrogen-bond donors (Lipinski definition) is 3. The fourth-order valence-corrected chi connectivity index (χ4v) is 12.9. The van der Waals surface area contributed by atoms with Crippen molar-refractivity contribution in [1.29, 1.82) is 0 Å². The van der Waals surface area contributed by atoms with E-state index in [4.69, 9.17) is 4.74 Å². The van der Waals surface area contributed by atoms with Crippen LogP contribution in [0.4, 0.5) is 0 Å². The first-order valence-corrected chi connectivity index (χ1v) is 17.1. The Morgan fingerprint density at radius 2 is 1.65 bits per heavy atom. The van der Waals surface area contributed by atoms with Gasteiger partial charge in [0.05, 0.1) is 18.1 Å². The van der Waals surface area contributed by atoms with E-state index in [-0.39, 0.29) is 53.2 Å². The molecule has 5 saturated carbocycles. The number of esters is 1. The zero-order valence-electron chi connectivity index (χ0n) is 27.3. The molecular formula is C38H56O5. The molecule has 3 N–H and O–H groups in total. The topological polar surface area (TPSA) is 87.0 Å². The van der Waals surface area contributed by atoms with E-state index in [1.54, 1.807) is 0 Å². The van der Waals surface area contributed by atoms with Gasteiger partial charge >= 0.3 is 5.97 Å². The van der Waals surface area contributed by atoms with E-state index in [2.05, 4.69) is 41.2 Å². The number of aliphatic hydroxyl groups is 3. The van der Waals surface area contributed by atoms with Crippen LogP contribution in [0, 0.1) is 62.6 Å². The molecule has 0 aromatic heterocycles. The van der Waals surface area contributed by atoms with Gasteiger partial charge in [-0.25, -0.2) is 0 Å². The summed E-state index contributed by atoms with van der Waals surface area (Å²) in [5.74, 6) is 1.44. The van der Waals surface area contributed by atoms with Crippen LogP contribution in [0.25, 0.3) is 0 Å². The van der Waals surface area contributed by atoms with Crippen molar-refractivity contribution in [2.75, 3.05) is 13.2 Å². The second kappa shape index (κ2) is 10.7. The molecule has 0 heterocycles. The Balaban J connectivity index is 1.35. The number of ether oxygens (including phenoxy) is 1. The summed E-state index contributed by atoms with van der Waals surface area (Å²) >= 11 is 0. The molecule has 0 spiro atoms. The number of allylic oxidation sites excluding steroid dienone is 1. The summed E-state index contributed by atoms with van der Waals surface area (Å²) in [7, 11) is 0. The zero-order valence-corrected chi connectivity index (χ0v) is 27.3. The van der Waals surface area contributed by atoms with Crippen LogP contribution in [0.3, 0.4) is 0 Å². The summed E-state index contributed by atoms with van der Waals surface area (Å²) in [5, 5.41) is 32.4. The summed E-state index contributed by atoms with van der Waals surface area (Å²) in [6.07, 6.45) is 8.15. The summed E-state index contributed by atoms with van der Waals surface area (Å²) in [6, 6.07) is 10.0. The van der Waals surface area contributed by atoms with Gasteiger partial charge in [0.1, 0.15) is 6.61 Å². The third-order valence-electron chi connectivity index (χ3n) is 15.1. The maximum atomic E-state index is 14.2. The van der Waals surface area contributed by atoms with Crippen LogP contribution in [0.5, 0.6) is 0 Å².